The molecule has 10 heteroatoms. The molecule has 0 bridgehead atoms. The lowest BCUT2D eigenvalue weighted by Gasteiger charge is -2.34. The Morgan fingerprint density at radius 2 is 1.67 bits per heavy atom. The maximum Gasteiger partial charge on any atom is 0.347 e. The summed E-state index contributed by atoms with van der Waals surface area (Å²) in [5.41, 5.74) is 0. The average molecular weight is 294 g/mol. The molecule has 0 saturated carbocycles. The van der Waals surface area contributed by atoms with Crippen molar-refractivity contribution >= 4 is 49.3 Å². The van der Waals surface area contributed by atoms with Crippen LogP contribution in [-0.2, 0) is 28.6 Å². The Morgan fingerprint density at radius 1 is 1.14 bits per heavy atom. The van der Waals surface area contributed by atoms with Crippen LogP contribution in [0, 0.1) is 0 Å². The number of carbonyl (C=O) groups excluding carboxylic acids is 3. The fraction of sp³-hybridized carbons (Fsp3) is 0.727. The van der Waals surface area contributed by atoms with Gasteiger partial charge in [-0.2, -0.15) is 0 Å². The molecule has 0 aliphatic rings. The van der Waals surface area contributed by atoms with E-state index in [1.165, 1.54) is 13.8 Å². The first-order chi connectivity index (χ1) is 9.41. The molecular formula is C11H22B4O6. The topological polar surface area (TPSA) is 78.9 Å². The van der Waals surface area contributed by atoms with E-state index >= 15 is 0 Å². The third-order valence-corrected chi connectivity index (χ3v) is 2.74. The van der Waals surface area contributed by atoms with Crippen LogP contribution in [0.3, 0.4) is 0 Å². The molecule has 0 aliphatic heterocycles. The van der Waals surface area contributed by atoms with E-state index in [2.05, 4.69) is 0 Å². The molecule has 0 aromatic heterocycles. The zero-order valence-electron chi connectivity index (χ0n) is 13.9. The summed E-state index contributed by atoms with van der Waals surface area (Å²) >= 11 is 0. The maximum atomic E-state index is 12.2. The van der Waals surface area contributed by atoms with Crippen LogP contribution in [0.4, 0.5) is 0 Å². The van der Waals surface area contributed by atoms with Crippen LogP contribution in [0.25, 0.3) is 0 Å². The monoisotopic (exact) mass is 294 g/mol. The van der Waals surface area contributed by atoms with E-state index in [0.717, 1.165) is 0 Å². The van der Waals surface area contributed by atoms with Crippen molar-refractivity contribution < 1.29 is 28.6 Å². The summed E-state index contributed by atoms with van der Waals surface area (Å²) in [4.78, 5) is 34.7. The first kappa shape index (κ1) is 19.7. The predicted molar refractivity (Wildman–Crippen MR) is 88.2 cm³/mol. The quantitative estimate of drug-likeness (QED) is 0.278. The van der Waals surface area contributed by atoms with Crippen molar-refractivity contribution in [3.05, 3.63) is 0 Å². The molecular weight excluding hydrogens is 271 g/mol. The van der Waals surface area contributed by atoms with Gasteiger partial charge in [0.1, 0.15) is 31.4 Å². The van der Waals surface area contributed by atoms with E-state index in [4.69, 9.17) is 14.2 Å². The van der Waals surface area contributed by atoms with Crippen LogP contribution in [0.5, 0.6) is 0 Å². The zero-order valence-corrected chi connectivity index (χ0v) is 13.9. The van der Waals surface area contributed by atoms with Crippen molar-refractivity contribution in [3.63, 3.8) is 0 Å². The minimum atomic E-state index is -0.964. The standard InChI is InChI=1S/C11H22B4O6/c1-4-19-8(17)6(2)20-9(18)10(12,13)5-11(14,15)21-7(3)16/h6H,4-5,12-15H2,1-3H3/t6-/m0/s1. The summed E-state index contributed by atoms with van der Waals surface area (Å²) in [6.45, 7) is 4.68. The van der Waals surface area contributed by atoms with Crippen molar-refractivity contribution in [2.75, 3.05) is 6.61 Å². The van der Waals surface area contributed by atoms with E-state index in [0.29, 0.717) is 0 Å². The van der Waals surface area contributed by atoms with Gasteiger partial charge in [0, 0.05) is 17.5 Å². The van der Waals surface area contributed by atoms with Gasteiger partial charge in [-0.1, -0.05) is 0 Å². The molecule has 0 aromatic rings. The molecule has 0 saturated heterocycles. The molecule has 0 aromatic carbocycles. The number of hydrogen-bond acceptors (Lipinski definition) is 6. The SMILES string of the molecule is BC(B)(CC(B)(B)C(=O)O[C@@H](C)C(=O)OCC)OC(C)=O. The highest BCUT2D eigenvalue weighted by Gasteiger charge is 2.38. The third-order valence-electron chi connectivity index (χ3n) is 2.74. The Hall–Kier alpha value is -1.33. The Bertz CT molecular complexity index is 410. The van der Waals surface area contributed by atoms with Gasteiger partial charge in [-0.25, -0.2) is 4.79 Å². The molecule has 0 aliphatic carbocycles. The van der Waals surface area contributed by atoms with E-state index in [1.54, 1.807) is 38.3 Å². The van der Waals surface area contributed by atoms with Crippen molar-refractivity contribution in [1.29, 1.82) is 0 Å². The smallest absolute Gasteiger partial charge is 0.347 e. The number of carbonyl (C=O) groups is 3. The van der Waals surface area contributed by atoms with E-state index in [1.807, 2.05) is 0 Å². The highest BCUT2D eigenvalue weighted by atomic mass is 16.6. The van der Waals surface area contributed by atoms with Crippen LogP contribution >= 0.6 is 0 Å². The van der Waals surface area contributed by atoms with Crippen LogP contribution in [0.1, 0.15) is 27.2 Å². The zero-order chi connectivity index (χ0) is 16.8. The molecule has 114 valence electrons. The van der Waals surface area contributed by atoms with Crippen molar-refractivity contribution in [3.8, 4) is 0 Å². The molecule has 0 N–H and O–H groups in total. The fourth-order valence-electron chi connectivity index (χ4n) is 2.19. The molecule has 0 radical (unpaired) electrons. The lowest BCUT2D eigenvalue weighted by atomic mass is 9.45. The molecule has 0 fully saturated rings. The molecule has 21 heavy (non-hydrogen) atoms. The van der Waals surface area contributed by atoms with Gasteiger partial charge in [-0.3, -0.25) is 9.59 Å². The van der Waals surface area contributed by atoms with Gasteiger partial charge in [-0.05, 0) is 20.3 Å². The van der Waals surface area contributed by atoms with Gasteiger partial charge in [0.2, 0.25) is 0 Å². The van der Waals surface area contributed by atoms with E-state index < -0.39 is 34.6 Å². The van der Waals surface area contributed by atoms with Crippen LogP contribution in [0.15, 0.2) is 0 Å². The van der Waals surface area contributed by atoms with Gasteiger partial charge in [0.05, 0.1) is 6.61 Å². The summed E-state index contributed by atoms with van der Waals surface area (Å²) in [5, 5.41) is -1.71. The Kier molecular flexibility index (Phi) is 7.13. The minimum Gasteiger partial charge on any atom is -0.478 e. The molecule has 0 heterocycles. The average Bonchev–Trinajstić information content (AvgIpc) is 2.25. The van der Waals surface area contributed by atoms with Gasteiger partial charge >= 0.3 is 11.9 Å². The molecule has 0 unspecified atom stereocenters. The summed E-state index contributed by atoms with van der Waals surface area (Å²) in [6.07, 6.45) is -0.693. The highest BCUT2D eigenvalue weighted by Crippen LogP contribution is 2.30. The predicted octanol–water partition coefficient (Wildman–Crippen LogP) is -3.26. The summed E-state index contributed by atoms with van der Waals surface area (Å²) < 4.78 is 15.1. The van der Waals surface area contributed by atoms with Crippen molar-refractivity contribution in [2.45, 2.75) is 43.9 Å². The molecule has 1 atom stereocenters. The van der Waals surface area contributed by atoms with Gasteiger partial charge in [0.25, 0.3) is 5.97 Å². The number of ether oxygens (including phenoxy) is 3. The number of rotatable bonds is 7. The second-order valence-electron chi connectivity index (χ2n) is 6.21. The van der Waals surface area contributed by atoms with E-state index in [-0.39, 0.29) is 13.0 Å². The van der Waals surface area contributed by atoms with Gasteiger partial charge in [0.15, 0.2) is 6.10 Å². The van der Waals surface area contributed by atoms with Crippen molar-refractivity contribution in [2.24, 2.45) is 0 Å². The second kappa shape index (κ2) is 7.61. The second-order valence-corrected chi connectivity index (χ2v) is 6.21. The first-order valence-corrected chi connectivity index (χ1v) is 6.98. The fourth-order valence-corrected chi connectivity index (χ4v) is 2.19. The van der Waals surface area contributed by atoms with Crippen molar-refractivity contribution in [1.82, 2.24) is 0 Å². The normalized spacial score (nSPS) is 13.1. The summed E-state index contributed by atoms with van der Waals surface area (Å²) in [7, 11) is 6.80. The summed E-state index contributed by atoms with van der Waals surface area (Å²) in [5.74, 6) is -1.53. The minimum absolute atomic E-state index is 0.226. The summed E-state index contributed by atoms with van der Waals surface area (Å²) in [6, 6.07) is 0. The third kappa shape index (κ3) is 7.29. The van der Waals surface area contributed by atoms with Gasteiger partial charge in [-0.15, -0.1) is 0 Å². The molecule has 6 nitrogen and oxygen atoms in total. The Balaban J connectivity index is 4.72. The molecule has 0 amide bonds. The largest absolute Gasteiger partial charge is 0.478 e. The Labute approximate surface area is 129 Å². The lowest BCUT2D eigenvalue weighted by molar-refractivity contribution is -0.167. The van der Waals surface area contributed by atoms with Gasteiger partial charge < -0.3 is 14.2 Å². The number of esters is 3. The maximum absolute atomic E-state index is 12.2. The van der Waals surface area contributed by atoms with Crippen LogP contribution in [0.2, 0.25) is 5.21 Å². The number of hydrogen-bond donors (Lipinski definition) is 0. The first-order valence-electron chi connectivity index (χ1n) is 6.98. The molecule has 0 rings (SSSR count). The van der Waals surface area contributed by atoms with Crippen LogP contribution < -0.4 is 0 Å². The van der Waals surface area contributed by atoms with Crippen LogP contribution in [-0.4, -0.2) is 67.4 Å². The molecule has 0 spiro atoms. The Morgan fingerprint density at radius 3 is 2.10 bits per heavy atom. The highest BCUT2D eigenvalue weighted by molar-refractivity contribution is 6.51. The lowest BCUT2D eigenvalue weighted by Crippen LogP contribution is -2.44. The van der Waals surface area contributed by atoms with E-state index in [9.17, 15) is 14.4 Å².